The number of benzene rings is 2. The lowest BCUT2D eigenvalue weighted by Gasteiger charge is -2.13. The molecule has 2 N–H and O–H groups in total. The first kappa shape index (κ1) is 18.6. The van der Waals surface area contributed by atoms with E-state index in [2.05, 4.69) is 5.43 Å². The molecule has 3 rings (SSSR count). The SMILES string of the molecule is O=C(O)COc1ccc([N+](=O)[O-])cc1/C=C1/C(=O)NN(c2ccccc2)C1=O. The van der Waals surface area contributed by atoms with E-state index in [0.717, 1.165) is 23.2 Å². The summed E-state index contributed by atoms with van der Waals surface area (Å²) in [5, 5.41) is 20.8. The first-order valence-electron chi connectivity index (χ1n) is 7.92. The van der Waals surface area contributed by atoms with Crippen LogP contribution in [-0.4, -0.2) is 34.4 Å². The van der Waals surface area contributed by atoms with Crippen LogP contribution in [0.1, 0.15) is 5.56 Å². The summed E-state index contributed by atoms with van der Waals surface area (Å²) in [4.78, 5) is 46.0. The Kier molecular flexibility index (Phi) is 5.03. The molecule has 1 aliphatic rings. The molecule has 0 aromatic heterocycles. The number of carboxylic acids is 1. The Labute approximate surface area is 157 Å². The predicted molar refractivity (Wildman–Crippen MR) is 96.3 cm³/mol. The number of hydrazine groups is 1. The van der Waals surface area contributed by atoms with Crippen LogP contribution in [0.5, 0.6) is 5.75 Å². The van der Waals surface area contributed by atoms with E-state index in [-0.39, 0.29) is 22.6 Å². The minimum atomic E-state index is -1.25. The van der Waals surface area contributed by atoms with Crippen molar-refractivity contribution in [2.45, 2.75) is 0 Å². The number of non-ortho nitro benzene ring substituents is 1. The quantitative estimate of drug-likeness (QED) is 0.334. The monoisotopic (exact) mass is 383 g/mol. The van der Waals surface area contributed by atoms with E-state index in [1.54, 1.807) is 30.3 Å². The van der Waals surface area contributed by atoms with Crippen LogP contribution in [0.25, 0.3) is 6.08 Å². The third-order valence-corrected chi connectivity index (χ3v) is 3.76. The first-order valence-corrected chi connectivity index (χ1v) is 7.92. The zero-order valence-electron chi connectivity index (χ0n) is 14.2. The maximum Gasteiger partial charge on any atom is 0.341 e. The summed E-state index contributed by atoms with van der Waals surface area (Å²) >= 11 is 0. The van der Waals surface area contributed by atoms with E-state index in [1.807, 2.05) is 0 Å². The lowest BCUT2D eigenvalue weighted by atomic mass is 10.1. The normalized spacial score (nSPS) is 14.9. The standard InChI is InChI=1S/C18H13N3O7/c22-16(23)10-28-15-7-6-13(21(26)27)8-11(15)9-14-17(24)19-20(18(14)25)12-4-2-1-3-5-12/h1-9H,10H2,(H,19,24)(H,22,23)/b14-9-. The predicted octanol–water partition coefficient (Wildman–Crippen LogP) is 1.52. The molecule has 0 atom stereocenters. The van der Waals surface area contributed by atoms with E-state index >= 15 is 0 Å². The number of hydrogen-bond donors (Lipinski definition) is 2. The molecule has 10 nitrogen and oxygen atoms in total. The van der Waals surface area contributed by atoms with Crippen LogP contribution in [0.2, 0.25) is 0 Å². The first-order chi connectivity index (χ1) is 13.4. The second-order valence-electron chi connectivity index (χ2n) is 5.64. The van der Waals surface area contributed by atoms with Gasteiger partial charge in [-0.05, 0) is 24.3 Å². The van der Waals surface area contributed by atoms with Gasteiger partial charge >= 0.3 is 5.97 Å². The highest BCUT2D eigenvalue weighted by Crippen LogP contribution is 2.28. The van der Waals surface area contributed by atoms with Gasteiger partial charge in [-0.15, -0.1) is 0 Å². The number of aliphatic carboxylic acids is 1. The highest BCUT2D eigenvalue weighted by molar-refractivity contribution is 6.31. The van der Waals surface area contributed by atoms with Gasteiger partial charge in [0, 0.05) is 17.7 Å². The fourth-order valence-corrected chi connectivity index (χ4v) is 2.50. The van der Waals surface area contributed by atoms with Gasteiger partial charge in [0.05, 0.1) is 10.6 Å². The highest BCUT2D eigenvalue weighted by Gasteiger charge is 2.34. The van der Waals surface area contributed by atoms with Crippen molar-refractivity contribution in [2.24, 2.45) is 0 Å². The Hall–Kier alpha value is -4.21. The molecule has 28 heavy (non-hydrogen) atoms. The molecule has 0 aliphatic carbocycles. The molecular weight excluding hydrogens is 370 g/mol. The molecule has 0 unspecified atom stereocenters. The average molecular weight is 383 g/mol. The van der Waals surface area contributed by atoms with Crippen molar-refractivity contribution < 1.29 is 29.2 Å². The minimum Gasteiger partial charge on any atom is -0.481 e. The molecule has 1 aliphatic heterocycles. The maximum atomic E-state index is 12.6. The molecule has 2 aromatic carbocycles. The Bertz CT molecular complexity index is 1000. The van der Waals surface area contributed by atoms with Crippen molar-refractivity contribution in [3.05, 3.63) is 69.8 Å². The molecule has 0 saturated carbocycles. The number of anilines is 1. The zero-order chi connectivity index (χ0) is 20.3. The number of carboxylic acid groups (broad SMARTS) is 1. The summed E-state index contributed by atoms with van der Waals surface area (Å²) in [6.45, 7) is -0.690. The van der Waals surface area contributed by atoms with Crippen molar-refractivity contribution in [2.75, 3.05) is 11.6 Å². The van der Waals surface area contributed by atoms with Crippen molar-refractivity contribution in [1.29, 1.82) is 0 Å². The van der Waals surface area contributed by atoms with Gasteiger partial charge in [0.1, 0.15) is 11.3 Å². The van der Waals surface area contributed by atoms with Gasteiger partial charge in [-0.25, -0.2) is 9.80 Å². The third-order valence-electron chi connectivity index (χ3n) is 3.76. The third kappa shape index (κ3) is 3.80. The topological polar surface area (TPSA) is 139 Å². The van der Waals surface area contributed by atoms with Crippen molar-refractivity contribution >= 4 is 35.2 Å². The van der Waals surface area contributed by atoms with Gasteiger partial charge in [0.2, 0.25) is 0 Å². The summed E-state index contributed by atoms with van der Waals surface area (Å²) in [6.07, 6.45) is 1.13. The Morgan fingerprint density at radius 2 is 1.93 bits per heavy atom. The molecule has 0 spiro atoms. The van der Waals surface area contributed by atoms with E-state index in [9.17, 15) is 24.5 Å². The van der Waals surface area contributed by atoms with Gasteiger partial charge in [0.25, 0.3) is 17.5 Å². The summed E-state index contributed by atoms with van der Waals surface area (Å²) in [7, 11) is 0. The molecule has 10 heteroatoms. The van der Waals surface area contributed by atoms with Crippen molar-refractivity contribution in [3.8, 4) is 5.75 Å². The molecule has 0 radical (unpaired) electrons. The zero-order valence-corrected chi connectivity index (χ0v) is 14.2. The molecule has 0 bridgehead atoms. The van der Waals surface area contributed by atoms with Crippen LogP contribution in [0.4, 0.5) is 11.4 Å². The largest absolute Gasteiger partial charge is 0.481 e. The number of nitrogens with zero attached hydrogens (tertiary/aromatic N) is 2. The molecule has 1 fully saturated rings. The van der Waals surface area contributed by atoms with Crippen LogP contribution in [0.3, 0.4) is 0 Å². The lowest BCUT2D eigenvalue weighted by Crippen LogP contribution is -2.35. The van der Waals surface area contributed by atoms with Gasteiger partial charge in [0.15, 0.2) is 6.61 Å². The van der Waals surface area contributed by atoms with Crippen LogP contribution < -0.4 is 15.2 Å². The number of ether oxygens (including phenoxy) is 1. The number of amides is 2. The highest BCUT2D eigenvalue weighted by atomic mass is 16.6. The number of para-hydroxylation sites is 1. The molecule has 1 saturated heterocycles. The fourth-order valence-electron chi connectivity index (χ4n) is 2.50. The fraction of sp³-hybridized carbons (Fsp3) is 0.0556. The molecular formula is C18H13N3O7. The van der Waals surface area contributed by atoms with Gasteiger partial charge in [-0.3, -0.25) is 25.1 Å². The van der Waals surface area contributed by atoms with Crippen LogP contribution >= 0.6 is 0 Å². The number of nitrogens with one attached hydrogen (secondary N) is 1. The Morgan fingerprint density at radius 3 is 2.57 bits per heavy atom. The number of nitro groups is 1. The molecule has 2 aromatic rings. The molecule has 2 amide bonds. The van der Waals surface area contributed by atoms with Gasteiger partial charge in [-0.1, -0.05) is 18.2 Å². The van der Waals surface area contributed by atoms with E-state index in [4.69, 9.17) is 9.84 Å². The summed E-state index contributed by atoms with van der Waals surface area (Å²) in [6, 6.07) is 11.8. The van der Waals surface area contributed by atoms with E-state index in [0.29, 0.717) is 5.69 Å². The van der Waals surface area contributed by atoms with E-state index < -0.39 is 29.3 Å². The lowest BCUT2D eigenvalue weighted by molar-refractivity contribution is -0.384. The van der Waals surface area contributed by atoms with Crippen molar-refractivity contribution in [1.82, 2.24) is 5.43 Å². The second kappa shape index (κ2) is 7.58. The summed E-state index contributed by atoms with van der Waals surface area (Å²) < 4.78 is 5.10. The summed E-state index contributed by atoms with van der Waals surface area (Å²) in [5.74, 6) is -2.63. The molecule has 1 heterocycles. The number of carbonyl (C=O) groups is 3. The average Bonchev–Trinajstić information content (AvgIpc) is 2.95. The Morgan fingerprint density at radius 1 is 1.21 bits per heavy atom. The number of rotatable bonds is 6. The van der Waals surface area contributed by atoms with Crippen LogP contribution in [-0.2, 0) is 14.4 Å². The number of carbonyl (C=O) groups excluding carboxylic acids is 2. The molecule has 142 valence electrons. The number of nitro benzene ring substituents is 1. The van der Waals surface area contributed by atoms with Gasteiger partial charge in [-0.2, -0.15) is 0 Å². The Balaban J connectivity index is 2.00. The number of hydrogen-bond acceptors (Lipinski definition) is 6. The van der Waals surface area contributed by atoms with E-state index in [1.165, 1.54) is 6.07 Å². The van der Waals surface area contributed by atoms with Crippen molar-refractivity contribution in [3.63, 3.8) is 0 Å². The maximum absolute atomic E-state index is 12.6. The minimum absolute atomic E-state index is 0.0146. The second-order valence-corrected chi connectivity index (χ2v) is 5.64. The smallest absolute Gasteiger partial charge is 0.341 e. The van der Waals surface area contributed by atoms with Crippen LogP contribution in [0.15, 0.2) is 54.1 Å². The van der Waals surface area contributed by atoms with Gasteiger partial charge < -0.3 is 9.84 Å². The van der Waals surface area contributed by atoms with Crippen LogP contribution in [0, 0.1) is 10.1 Å². The summed E-state index contributed by atoms with van der Waals surface area (Å²) in [5.41, 5.74) is 2.29.